The standard InChI is InChI=1S/C22H16F3N3O/c1-21(13-14-22(23,24)25)17(12-8-7-11-16-9-5-4-6-10-16)19(28-3)20(29-21)18(15-26)27-2/h4-12H,13-14H2,1H3/i4D. The van der Waals surface area contributed by atoms with Crippen molar-refractivity contribution in [2.45, 2.75) is 31.5 Å². The minimum Gasteiger partial charge on any atom is -0.505 e. The molecule has 0 radical (unpaired) electrons. The monoisotopic (exact) mass is 396 g/mol. The Labute approximate surface area is 168 Å². The summed E-state index contributed by atoms with van der Waals surface area (Å²) in [6.45, 7) is 15.9. The second-order valence-corrected chi connectivity index (χ2v) is 6.28. The summed E-state index contributed by atoms with van der Waals surface area (Å²) in [7, 11) is 0. The van der Waals surface area contributed by atoms with Crippen LogP contribution in [0.2, 0.25) is 0 Å². The minimum absolute atomic E-state index is 0.143. The largest absolute Gasteiger partial charge is 0.505 e. The first kappa shape index (κ1) is 20.0. The number of halogens is 3. The first-order chi connectivity index (χ1) is 14.1. The third-order valence-electron chi connectivity index (χ3n) is 4.20. The van der Waals surface area contributed by atoms with Crippen molar-refractivity contribution in [3.05, 3.63) is 99.7 Å². The molecule has 2 rings (SSSR count). The molecule has 1 atom stereocenters. The molecule has 1 aliphatic rings. The van der Waals surface area contributed by atoms with Crippen molar-refractivity contribution in [3.63, 3.8) is 0 Å². The quantitative estimate of drug-likeness (QED) is 0.337. The molecule has 1 aromatic rings. The highest BCUT2D eigenvalue weighted by Gasteiger charge is 2.44. The molecule has 0 fully saturated rings. The molecule has 1 heterocycles. The molecule has 4 nitrogen and oxygen atoms in total. The van der Waals surface area contributed by atoms with E-state index in [0.29, 0.717) is 6.04 Å². The van der Waals surface area contributed by atoms with Crippen LogP contribution in [0.15, 0.2) is 71.3 Å². The summed E-state index contributed by atoms with van der Waals surface area (Å²) < 4.78 is 51.5. The Morgan fingerprint density at radius 1 is 1.31 bits per heavy atom. The van der Waals surface area contributed by atoms with Gasteiger partial charge in [0.2, 0.25) is 5.70 Å². The molecule has 0 aromatic heterocycles. The van der Waals surface area contributed by atoms with Crippen LogP contribution in [0, 0.1) is 24.5 Å². The lowest BCUT2D eigenvalue weighted by Gasteiger charge is -2.28. The molecule has 0 aliphatic carbocycles. The normalized spacial score (nSPS) is 21.5. The van der Waals surface area contributed by atoms with Crippen molar-refractivity contribution in [1.29, 1.82) is 5.26 Å². The number of allylic oxidation sites excluding steroid dienone is 3. The predicted octanol–water partition coefficient (Wildman–Crippen LogP) is 6.22. The highest BCUT2D eigenvalue weighted by atomic mass is 19.4. The predicted molar refractivity (Wildman–Crippen MR) is 102 cm³/mol. The van der Waals surface area contributed by atoms with Gasteiger partial charge in [0.1, 0.15) is 11.4 Å². The molecule has 146 valence electrons. The maximum atomic E-state index is 12.8. The van der Waals surface area contributed by atoms with E-state index in [0.717, 1.165) is 5.56 Å². The number of nitrogens with zero attached hydrogens (tertiary/aromatic N) is 3. The molecule has 7 heteroatoms. The van der Waals surface area contributed by atoms with E-state index in [1.54, 1.807) is 48.6 Å². The lowest BCUT2D eigenvalue weighted by molar-refractivity contribution is -0.143. The summed E-state index contributed by atoms with van der Waals surface area (Å²) in [5.41, 5.74) is -1.13. The maximum Gasteiger partial charge on any atom is 0.389 e. The number of rotatable bonds is 5. The van der Waals surface area contributed by atoms with Crippen LogP contribution in [-0.4, -0.2) is 11.8 Å². The van der Waals surface area contributed by atoms with E-state index < -0.39 is 30.3 Å². The van der Waals surface area contributed by atoms with Gasteiger partial charge in [-0.25, -0.2) is 15.0 Å². The summed E-state index contributed by atoms with van der Waals surface area (Å²) >= 11 is 0. The number of alkyl halides is 3. The van der Waals surface area contributed by atoms with Crippen LogP contribution in [-0.2, 0) is 4.74 Å². The highest BCUT2D eigenvalue weighted by molar-refractivity contribution is 5.57. The molecule has 0 saturated heterocycles. The van der Waals surface area contributed by atoms with Crippen LogP contribution < -0.4 is 0 Å². The van der Waals surface area contributed by atoms with Gasteiger partial charge in [0.25, 0.3) is 5.70 Å². The summed E-state index contributed by atoms with van der Waals surface area (Å²) in [6, 6.07) is 8.70. The van der Waals surface area contributed by atoms with Crippen molar-refractivity contribution >= 4 is 6.08 Å². The fraction of sp³-hybridized carbons (Fsp3) is 0.227. The molecule has 1 aromatic carbocycles. The van der Waals surface area contributed by atoms with Crippen LogP contribution in [0.4, 0.5) is 13.2 Å². The Kier molecular flexibility index (Phi) is 6.17. The third-order valence-corrected chi connectivity index (χ3v) is 4.20. The van der Waals surface area contributed by atoms with Crippen LogP contribution in [0.3, 0.4) is 0 Å². The molecule has 1 unspecified atom stereocenters. The van der Waals surface area contributed by atoms with E-state index in [1.165, 1.54) is 13.0 Å². The van der Waals surface area contributed by atoms with Crippen LogP contribution >= 0.6 is 0 Å². The Bertz CT molecular complexity index is 1050. The Hall–Kier alpha value is -3.76. The Morgan fingerprint density at radius 3 is 2.52 bits per heavy atom. The van der Waals surface area contributed by atoms with Gasteiger partial charge >= 0.3 is 6.18 Å². The van der Waals surface area contributed by atoms with Gasteiger partial charge in [0, 0.05) is 12.0 Å². The minimum atomic E-state index is -4.42. The summed E-state index contributed by atoms with van der Waals surface area (Å²) in [5.74, 6) is -0.290. The van der Waals surface area contributed by atoms with Gasteiger partial charge < -0.3 is 4.74 Å². The third kappa shape index (κ3) is 5.37. The van der Waals surface area contributed by atoms with Crippen LogP contribution in [0.5, 0.6) is 0 Å². The van der Waals surface area contributed by atoms with E-state index in [9.17, 15) is 13.2 Å². The van der Waals surface area contributed by atoms with Gasteiger partial charge in [-0.15, -0.1) is 0 Å². The second kappa shape index (κ2) is 8.95. The average Bonchev–Trinajstić information content (AvgIpc) is 2.98. The molecule has 29 heavy (non-hydrogen) atoms. The first-order valence-electron chi connectivity index (χ1n) is 8.95. The van der Waals surface area contributed by atoms with Gasteiger partial charge in [-0.3, -0.25) is 0 Å². The molecular weight excluding hydrogens is 379 g/mol. The fourth-order valence-corrected chi connectivity index (χ4v) is 2.75. The number of ether oxygens (including phenoxy) is 1. The smallest absolute Gasteiger partial charge is 0.389 e. The summed E-state index contributed by atoms with van der Waals surface area (Å²) in [4.78, 5) is 6.36. The van der Waals surface area contributed by atoms with Crippen molar-refractivity contribution in [3.8, 4) is 6.07 Å². The zero-order valence-corrected chi connectivity index (χ0v) is 15.4. The number of benzene rings is 1. The van der Waals surface area contributed by atoms with Crippen LogP contribution in [0.25, 0.3) is 15.8 Å². The molecule has 0 bridgehead atoms. The van der Waals surface area contributed by atoms with Gasteiger partial charge in [0.05, 0.1) is 20.6 Å². The van der Waals surface area contributed by atoms with Crippen molar-refractivity contribution in [2.24, 2.45) is 0 Å². The molecule has 0 saturated carbocycles. The average molecular weight is 396 g/mol. The number of hydrogen-bond acceptors (Lipinski definition) is 2. The zero-order valence-electron chi connectivity index (χ0n) is 16.4. The first-order valence-corrected chi connectivity index (χ1v) is 8.45. The highest BCUT2D eigenvalue weighted by Crippen LogP contribution is 2.45. The lowest BCUT2D eigenvalue weighted by atomic mass is 9.90. The van der Waals surface area contributed by atoms with Gasteiger partial charge in [-0.2, -0.15) is 13.2 Å². The fourth-order valence-electron chi connectivity index (χ4n) is 2.75. The zero-order chi connectivity index (χ0) is 22.4. The SMILES string of the molecule is [2H]c1ccc(C=CC=CC2=C([N+]#[C-])C(=C(C#N)[N+]#[C-])OC2(C)CCC(F)(F)F)cc1. The maximum absolute atomic E-state index is 12.8. The van der Waals surface area contributed by atoms with Gasteiger partial charge in [-0.05, 0) is 18.9 Å². The molecule has 0 N–H and O–H groups in total. The summed E-state index contributed by atoms with van der Waals surface area (Å²) in [5, 5.41) is 9.13. The molecule has 0 spiro atoms. The molecule has 1 aliphatic heterocycles. The second-order valence-electron chi connectivity index (χ2n) is 6.28. The van der Waals surface area contributed by atoms with Crippen molar-refractivity contribution in [1.82, 2.24) is 0 Å². The van der Waals surface area contributed by atoms with Crippen molar-refractivity contribution in [2.75, 3.05) is 0 Å². The number of hydrogen-bond donors (Lipinski definition) is 0. The van der Waals surface area contributed by atoms with Crippen molar-refractivity contribution < 1.29 is 19.3 Å². The number of nitriles is 1. The van der Waals surface area contributed by atoms with E-state index in [-0.39, 0.29) is 17.0 Å². The van der Waals surface area contributed by atoms with E-state index in [2.05, 4.69) is 9.69 Å². The van der Waals surface area contributed by atoms with Gasteiger partial charge in [0.15, 0.2) is 0 Å². The lowest BCUT2D eigenvalue weighted by Crippen LogP contribution is -2.28. The Balaban J connectivity index is 2.44. The van der Waals surface area contributed by atoms with Crippen LogP contribution in [0.1, 0.15) is 26.7 Å². The van der Waals surface area contributed by atoms with E-state index in [1.807, 2.05) is 0 Å². The topological polar surface area (TPSA) is 41.7 Å². The molecular formula is C22H16F3N3O. The van der Waals surface area contributed by atoms with E-state index in [4.69, 9.17) is 24.5 Å². The molecule has 0 amide bonds. The Morgan fingerprint density at radius 2 is 1.97 bits per heavy atom. The van der Waals surface area contributed by atoms with Gasteiger partial charge in [-0.1, -0.05) is 54.6 Å². The summed E-state index contributed by atoms with van der Waals surface area (Å²) in [6.07, 6.45) is 0.349. The van der Waals surface area contributed by atoms with E-state index >= 15 is 0 Å².